The Hall–Kier alpha value is -1.62. The van der Waals surface area contributed by atoms with Gasteiger partial charge >= 0.3 is 5.97 Å². The molecule has 0 aromatic heterocycles. The Morgan fingerprint density at radius 3 is 2.55 bits per heavy atom. The van der Waals surface area contributed by atoms with E-state index < -0.39 is 23.7 Å². The molecule has 20 heavy (non-hydrogen) atoms. The zero-order chi connectivity index (χ0) is 15.3. The molecule has 1 unspecified atom stereocenters. The number of esters is 1. The minimum absolute atomic E-state index is 0.0618. The molecule has 1 aromatic rings. The average molecular weight is 302 g/mol. The van der Waals surface area contributed by atoms with E-state index in [4.69, 9.17) is 11.6 Å². The van der Waals surface area contributed by atoms with Crippen molar-refractivity contribution >= 4 is 23.5 Å². The standard InChI is InChI=1S/C14H17ClFNO3/c1-8(2)6-12(14(19)20-3)17-13(18)9-4-5-10(15)11(16)7-9/h4-5,7-8,12H,6H2,1-3H3,(H,17,18). The summed E-state index contributed by atoms with van der Waals surface area (Å²) < 4.78 is 18.0. The van der Waals surface area contributed by atoms with Crippen LogP contribution in [0.1, 0.15) is 30.6 Å². The van der Waals surface area contributed by atoms with E-state index >= 15 is 0 Å². The van der Waals surface area contributed by atoms with Crippen LogP contribution >= 0.6 is 11.6 Å². The minimum Gasteiger partial charge on any atom is -0.467 e. The first-order valence-electron chi connectivity index (χ1n) is 6.19. The molecule has 0 spiro atoms. The number of hydrogen-bond donors (Lipinski definition) is 1. The lowest BCUT2D eigenvalue weighted by Crippen LogP contribution is -2.42. The molecule has 0 saturated carbocycles. The number of halogens is 2. The summed E-state index contributed by atoms with van der Waals surface area (Å²) in [6.07, 6.45) is 0.439. The maximum Gasteiger partial charge on any atom is 0.328 e. The average Bonchev–Trinajstić information content (AvgIpc) is 2.39. The van der Waals surface area contributed by atoms with Crippen LogP contribution in [0, 0.1) is 11.7 Å². The summed E-state index contributed by atoms with van der Waals surface area (Å²) in [5.74, 6) is -1.56. The van der Waals surface area contributed by atoms with Crippen LogP contribution < -0.4 is 5.32 Å². The van der Waals surface area contributed by atoms with Crippen molar-refractivity contribution < 1.29 is 18.7 Å². The van der Waals surface area contributed by atoms with Gasteiger partial charge in [-0.15, -0.1) is 0 Å². The summed E-state index contributed by atoms with van der Waals surface area (Å²) in [7, 11) is 1.25. The van der Waals surface area contributed by atoms with Gasteiger partial charge in [0.2, 0.25) is 0 Å². The number of methoxy groups -OCH3 is 1. The summed E-state index contributed by atoms with van der Waals surface area (Å²) in [6.45, 7) is 3.84. The highest BCUT2D eigenvalue weighted by molar-refractivity contribution is 6.30. The predicted molar refractivity (Wildman–Crippen MR) is 74.1 cm³/mol. The molecule has 0 aliphatic heterocycles. The molecular formula is C14H17ClFNO3. The Bertz CT molecular complexity index is 505. The third-order valence-electron chi connectivity index (χ3n) is 2.68. The molecule has 1 atom stereocenters. The van der Waals surface area contributed by atoms with Gasteiger partial charge in [0.1, 0.15) is 11.9 Å². The zero-order valence-corrected chi connectivity index (χ0v) is 12.3. The van der Waals surface area contributed by atoms with E-state index in [9.17, 15) is 14.0 Å². The highest BCUT2D eigenvalue weighted by atomic mass is 35.5. The van der Waals surface area contributed by atoms with Crippen LogP contribution in [0.4, 0.5) is 4.39 Å². The smallest absolute Gasteiger partial charge is 0.328 e. The largest absolute Gasteiger partial charge is 0.467 e. The van der Waals surface area contributed by atoms with Crippen molar-refractivity contribution in [2.45, 2.75) is 26.3 Å². The lowest BCUT2D eigenvalue weighted by Gasteiger charge is -2.18. The lowest BCUT2D eigenvalue weighted by molar-refractivity contribution is -0.143. The second-order valence-electron chi connectivity index (χ2n) is 4.81. The summed E-state index contributed by atoms with van der Waals surface area (Å²) >= 11 is 5.55. The Kier molecular flexibility index (Phi) is 5.95. The van der Waals surface area contributed by atoms with Gasteiger partial charge in [-0.3, -0.25) is 4.79 Å². The molecule has 4 nitrogen and oxygen atoms in total. The van der Waals surface area contributed by atoms with Gasteiger partial charge in [-0.05, 0) is 30.5 Å². The minimum atomic E-state index is -0.758. The monoisotopic (exact) mass is 301 g/mol. The van der Waals surface area contributed by atoms with Crippen LogP contribution in [0.15, 0.2) is 18.2 Å². The first kappa shape index (κ1) is 16.4. The van der Waals surface area contributed by atoms with E-state index in [2.05, 4.69) is 10.1 Å². The molecule has 0 heterocycles. The molecule has 0 bridgehead atoms. The molecule has 6 heteroatoms. The van der Waals surface area contributed by atoms with Crippen molar-refractivity contribution in [2.75, 3.05) is 7.11 Å². The van der Waals surface area contributed by atoms with Crippen LogP contribution in [0.5, 0.6) is 0 Å². The van der Waals surface area contributed by atoms with Gasteiger partial charge in [0.05, 0.1) is 12.1 Å². The van der Waals surface area contributed by atoms with Gasteiger partial charge in [0, 0.05) is 5.56 Å². The van der Waals surface area contributed by atoms with Gasteiger partial charge in [0.25, 0.3) is 5.91 Å². The molecule has 110 valence electrons. The van der Waals surface area contributed by atoms with E-state index in [0.717, 1.165) is 6.07 Å². The number of rotatable bonds is 5. The number of nitrogens with one attached hydrogen (secondary N) is 1. The molecule has 1 N–H and O–H groups in total. The van der Waals surface area contributed by atoms with Gasteiger partial charge in [-0.1, -0.05) is 25.4 Å². The van der Waals surface area contributed by atoms with E-state index in [1.165, 1.54) is 19.2 Å². The van der Waals surface area contributed by atoms with Crippen LogP contribution in [-0.2, 0) is 9.53 Å². The second kappa shape index (κ2) is 7.24. The van der Waals surface area contributed by atoms with E-state index in [0.29, 0.717) is 6.42 Å². The Balaban J connectivity index is 2.84. The maximum atomic E-state index is 13.3. The molecule has 0 fully saturated rings. The van der Waals surface area contributed by atoms with Crippen molar-refractivity contribution in [3.63, 3.8) is 0 Å². The third-order valence-corrected chi connectivity index (χ3v) is 2.99. The van der Waals surface area contributed by atoms with Crippen LogP contribution in [-0.4, -0.2) is 25.0 Å². The van der Waals surface area contributed by atoms with E-state index in [1.807, 2.05) is 13.8 Å². The Labute approximate surface area is 122 Å². The first-order chi connectivity index (χ1) is 9.35. The lowest BCUT2D eigenvalue weighted by atomic mass is 10.0. The molecule has 0 radical (unpaired) electrons. The van der Waals surface area contributed by atoms with Crippen molar-refractivity contribution in [1.29, 1.82) is 0 Å². The van der Waals surface area contributed by atoms with Crippen molar-refractivity contribution in [3.05, 3.63) is 34.6 Å². The molecule has 1 rings (SSSR count). The number of amides is 1. The Morgan fingerprint density at radius 1 is 1.40 bits per heavy atom. The molecule has 0 aliphatic carbocycles. The quantitative estimate of drug-likeness (QED) is 0.851. The van der Waals surface area contributed by atoms with Gasteiger partial charge in [0.15, 0.2) is 0 Å². The number of ether oxygens (including phenoxy) is 1. The number of benzene rings is 1. The Morgan fingerprint density at radius 2 is 2.05 bits per heavy atom. The molecule has 1 amide bonds. The van der Waals surface area contributed by atoms with Crippen molar-refractivity contribution in [1.82, 2.24) is 5.32 Å². The maximum absolute atomic E-state index is 13.3. The normalized spacial score (nSPS) is 12.1. The second-order valence-corrected chi connectivity index (χ2v) is 5.21. The first-order valence-corrected chi connectivity index (χ1v) is 6.56. The summed E-state index contributed by atoms with van der Waals surface area (Å²) in [4.78, 5) is 23.6. The fourth-order valence-corrected chi connectivity index (χ4v) is 1.82. The van der Waals surface area contributed by atoms with Crippen LogP contribution in [0.3, 0.4) is 0 Å². The van der Waals surface area contributed by atoms with Crippen molar-refractivity contribution in [3.8, 4) is 0 Å². The summed E-state index contributed by atoms with van der Waals surface area (Å²) in [5, 5.41) is 2.48. The zero-order valence-electron chi connectivity index (χ0n) is 11.6. The molecule has 1 aromatic carbocycles. The topological polar surface area (TPSA) is 55.4 Å². The van der Waals surface area contributed by atoms with Crippen LogP contribution in [0.2, 0.25) is 5.02 Å². The molecular weight excluding hydrogens is 285 g/mol. The van der Waals surface area contributed by atoms with Crippen molar-refractivity contribution in [2.24, 2.45) is 5.92 Å². The SMILES string of the molecule is COC(=O)C(CC(C)C)NC(=O)c1ccc(Cl)c(F)c1. The van der Waals surface area contributed by atoms with Gasteiger partial charge < -0.3 is 10.1 Å². The fraction of sp³-hybridized carbons (Fsp3) is 0.429. The number of carbonyl (C=O) groups is 2. The third kappa shape index (κ3) is 4.49. The summed E-state index contributed by atoms with van der Waals surface area (Å²) in [5.41, 5.74) is 0.101. The summed E-state index contributed by atoms with van der Waals surface area (Å²) in [6, 6.07) is 2.96. The molecule has 0 saturated heterocycles. The number of hydrogen-bond acceptors (Lipinski definition) is 3. The fourth-order valence-electron chi connectivity index (χ4n) is 1.71. The number of carbonyl (C=O) groups excluding carboxylic acids is 2. The van der Waals surface area contributed by atoms with Gasteiger partial charge in [-0.2, -0.15) is 0 Å². The van der Waals surface area contributed by atoms with Gasteiger partial charge in [-0.25, -0.2) is 9.18 Å². The van der Waals surface area contributed by atoms with Crippen LogP contribution in [0.25, 0.3) is 0 Å². The molecule has 0 aliphatic rings. The predicted octanol–water partition coefficient (Wildman–Crippen LogP) is 2.80. The van der Waals surface area contributed by atoms with E-state index in [-0.39, 0.29) is 16.5 Å². The highest BCUT2D eigenvalue weighted by Crippen LogP contribution is 2.16. The highest BCUT2D eigenvalue weighted by Gasteiger charge is 2.23. The van der Waals surface area contributed by atoms with E-state index in [1.54, 1.807) is 0 Å².